The van der Waals surface area contributed by atoms with Gasteiger partial charge in [0.25, 0.3) is 10.1 Å². The summed E-state index contributed by atoms with van der Waals surface area (Å²) in [6.45, 7) is 0. The van der Waals surface area contributed by atoms with E-state index in [1.807, 2.05) is 0 Å². The molecule has 0 bridgehead atoms. The minimum atomic E-state index is -4.90. The van der Waals surface area contributed by atoms with Crippen molar-refractivity contribution in [3.63, 3.8) is 0 Å². The first-order valence-electron chi connectivity index (χ1n) is 8.93. The number of halogens is 1. The predicted molar refractivity (Wildman–Crippen MR) is 117 cm³/mol. The van der Waals surface area contributed by atoms with E-state index >= 15 is 0 Å². The number of anilines is 3. The van der Waals surface area contributed by atoms with Gasteiger partial charge < -0.3 is 17.6 Å². The van der Waals surface area contributed by atoms with Crippen molar-refractivity contribution in [2.45, 2.75) is 4.90 Å². The number of rotatable bonds is 4. The van der Waals surface area contributed by atoms with Crippen LogP contribution in [0.5, 0.6) is 0 Å². The number of carbonyl (C=O) groups is 3. The van der Waals surface area contributed by atoms with Gasteiger partial charge in [0, 0.05) is 16.1 Å². The molecule has 164 valence electrons. The van der Waals surface area contributed by atoms with Crippen LogP contribution in [0, 0.1) is 0 Å². The van der Waals surface area contributed by atoms with Gasteiger partial charge in [-0.1, -0.05) is 35.9 Å². The van der Waals surface area contributed by atoms with Crippen LogP contribution in [0.3, 0.4) is 0 Å². The Morgan fingerprint density at radius 1 is 0.970 bits per heavy atom. The maximum absolute atomic E-state index is 13.3. The van der Waals surface area contributed by atoms with E-state index in [2.05, 4.69) is 5.32 Å². The van der Waals surface area contributed by atoms with Crippen LogP contribution in [0.15, 0.2) is 53.4 Å². The standard InChI is InChI=1S/C21H13ClN2O7S.Na.H/c22-9-5-6-13(12(7-9)21(27)28)24-14-8-15(32(29,30)31)18(23)17-16(14)19(25)10-3-1-2-4-11(10)20(17)26;;/h1-8,24H,23H2,(H,27,28)(H,29,30,31);;/q;+1;-1. The van der Waals surface area contributed by atoms with Gasteiger partial charge in [-0.25, -0.2) is 4.79 Å². The van der Waals surface area contributed by atoms with Crippen molar-refractivity contribution in [1.29, 1.82) is 0 Å². The number of hydrogen-bond acceptors (Lipinski definition) is 7. The van der Waals surface area contributed by atoms with E-state index in [0.29, 0.717) is 0 Å². The van der Waals surface area contributed by atoms with Gasteiger partial charge in [0.15, 0.2) is 11.6 Å². The number of benzene rings is 3. The molecule has 3 aromatic carbocycles. The number of nitrogen functional groups attached to an aromatic ring is 1. The molecule has 0 heterocycles. The molecular formula is C21H14ClN2NaO7S. The van der Waals surface area contributed by atoms with Gasteiger partial charge in [0.1, 0.15) is 4.90 Å². The van der Waals surface area contributed by atoms with Crippen molar-refractivity contribution in [3.05, 3.63) is 81.4 Å². The quantitative estimate of drug-likeness (QED) is 0.179. The fraction of sp³-hybridized carbons (Fsp3) is 0. The van der Waals surface area contributed by atoms with E-state index in [-0.39, 0.29) is 69.6 Å². The van der Waals surface area contributed by atoms with Crippen LogP contribution in [-0.2, 0) is 10.1 Å². The van der Waals surface area contributed by atoms with Crippen molar-refractivity contribution in [2.24, 2.45) is 0 Å². The molecule has 3 aromatic rings. The SMILES string of the molecule is Nc1c(S(=O)(=O)O)cc(Nc2ccc(Cl)cc2C(=O)O)c2c1C(=O)c1ccccc1C2=O.[H-].[Na+]. The first kappa shape index (κ1) is 24.9. The minimum Gasteiger partial charge on any atom is -1.00 e. The molecule has 9 nitrogen and oxygen atoms in total. The molecule has 0 unspecified atom stereocenters. The molecule has 5 N–H and O–H groups in total. The van der Waals surface area contributed by atoms with E-state index in [1.54, 1.807) is 6.07 Å². The number of ketones is 2. The summed E-state index contributed by atoms with van der Waals surface area (Å²) in [5, 5.41) is 12.3. The third kappa shape index (κ3) is 4.29. The van der Waals surface area contributed by atoms with Crippen LogP contribution in [0.2, 0.25) is 5.02 Å². The van der Waals surface area contributed by atoms with Crippen LogP contribution < -0.4 is 40.6 Å². The van der Waals surface area contributed by atoms with Gasteiger partial charge >= 0.3 is 35.5 Å². The van der Waals surface area contributed by atoms with Gasteiger partial charge in [-0.05, 0) is 24.3 Å². The molecule has 4 rings (SSSR count). The number of nitrogens with one attached hydrogen (secondary N) is 1. The number of hydrogen-bond donors (Lipinski definition) is 4. The van der Waals surface area contributed by atoms with Gasteiger partial charge in [-0.3, -0.25) is 14.1 Å². The maximum Gasteiger partial charge on any atom is 1.00 e. The Balaban J connectivity index is 0.00000204. The summed E-state index contributed by atoms with van der Waals surface area (Å²) in [6.07, 6.45) is 0. The molecule has 0 fully saturated rings. The number of carboxylic acid groups (broad SMARTS) is 1. The summed E-state index contributed by atoms with van der Waals surface area (Å²) in [6, 6.07) is 10.6. The first-order chi connectivity index (χ1) is 15.0. The molecule has 0 spiro atoms. The molecule has 0 amide bonds. The zero-order valence-corrected chi connectivity index (χ0v) is 20.5. The van der Waals surface area contributed by atoms with Crippen molar-refractivity contribution in [1.82, 2.24) is 0 Å². The summed E-state index contributed by atoms with van der Waals surface area (Å²) >= 11 is 5.86. The van der Waals surface area contributed by atoms with E-state index in [0.717, 1.165) is 12.1 Å². The molecule has 12 heteroatoms. The number of fused-ring (bicyclic) bond motifs is 2. The summed E-state index contributed by atoms with van der Waals surface area (Å²) in [4.78, 5) is 37.2. The van der Waals surface area contributed by atoms with E-state index in [4.69, 9.17) is 17.3 Å². The topological polar surface area (TPSA) is 164 Å². The number of carboxylic acids is 1. The molecule has 1 aliphatic carbocycles. The fourth-order valence-electron chi connectivity index (χ4n) is 3.55. The molecule has 0 saturated carbocycles. The summed E-state index contributed by atoms with van der Waals surface area (Å²) in [5.74, 6) is -2.69. The van der Waals surface area contributed by atoms with Crippen LogP contribution >= 0.6 is 11.6 Å². The van der Waals surface area contributed by atoms with Gasteiger partial charge in [-0.2, -0.15) is 8.42 Å². The molecule has 0 radical (unpaired) electrons. The molecule has 0 aliphatic heterocycles. The second kappa shape index (κ2) is 8.90. The Morgan fingerprint density at radius 2 is 1.55 bits per heavy atom. The summed E-state index contributed by atoms with van der Waals surface area (Å²) < 4.78 is 33.5. The van der Waals surface area contributed by atoms with Gasteiger partial charge in [0.05, 0.1) is 33.8 Å². The largest absolute Gasteiger partial charge is 1.00 e. The summed E-state index contributed by atoms with van der Waals surface area (Å²) in [7, 11) is -4.90. The Kier molecular flexibility index (Phi) is 6.72. The third-order valence-electron chi connectivity index (χ3n) is 4.96. The Hall–Kier alpha value is -2.73. The molecular weight excluding hydrogens is 483 g/mol. The van der Waals surface area contributed by atoms with Crippen LogP contribution in [0.25, 0.3) is 0 Å². The van der Waals surface area contributed by atoms with Gasteiger partial charge in [-0.15, -0.1) is 0 Å². The smallest absolute Gasteiger partial charge is 1.00 e. The van der Waals surface area contributed by atoms with Gasteiger partial charge in [0.2, 0.25) is 0 Å². The molecule has 0 aromatic heterocycles. The van der Waals surface area contributed by atoms with E-state index < -0.39 is 43.8 Å². The Morgan fingerprint density at radius 3 is 2.09 bits per heavy atom. The summed E-state index contributed by atoms with van der Waals surface area (Å²) in [5.41, 5.74) is 4.23. The third-order valence-corrected chi connectivity index (χ3v) is 6.09. The molecule has 0 saturated heterocycles. The van der Waals surface area contributed by atoms with Crippen molar-refractivity contribution in [3.8, 4) is 0 Å². The average molecular weight is 497 g/mol. The van der Waals surface area contributed by atoms with Crippen LogP contribution in [-0.4, -0.2) is 35.6 Å². The average Bonchev–Trinajstić information content (AvgIpc) is 2.73. The van der Waals surface area contributed by atoms with Crippen LogP contribution in [0.4, 0.5) is 17.1 Å². The normalized spacial score (nSPS) is 12.4. The minimum absolute atomic E-state index is 0. The predicted octanol–water partition coefficient (Wildman–Crippen LogP) is 0.503. The zero-order chi connectivity index (χ0) is 23.4. The fourth-order valence-corrected chi connectivity index (χ4v) is 4.37. The zero-order valence-electron chi connectivity index (χ0n) is 17.9. The van der Waals surface area contributed by atoms with Crippen molar-refractivity contribution in [2.75, 3.05) is 11.1 Å². The number of aromatic carboxylic acids is 1. The molecule has 0 atom stereocenters. The second-order valence-electron chi connectivity index (χ2n) is 6.88. The Labute approximate surface area is 216 Å². The number of carbonyl (C=O) groups excluding carboxylic acids is 2. The first-order valence-corrected chi connectivity index (χ1v) is 10.7. The molecule has 33 heavy (non-hydrogen) atoms. The van der Waals surface area contributed by atoms with E-state index in [1.165, 1.54) is 30.3 Å². The molecule has 1 aliphatic rings. The Bertz CT molecular complexity index is 1480. The maximum atomic E-state index is 13.3. The monoisotopic (exact) mass is 496 g/mol. The van der Waals surface area contributed by atoms with Crippen molar-refractivity contribution >= 4 is 56.3 Å². The van der Waals surface area contributed by atoms with Crippen molar-refractivity contribution < 1.29 is 63.4 Å². The van der Waals surface area contributed by atoms with E-state index in [9.17, 15) is 32.5 Å². The van der Waals surface area contributed by atoms with Crippen LogP contribution in [0.1, 0.15) is 43.6 Å². The number of nitrogens with two attached hydrogens (primary N) is 1. The second-order valence-corrected chi connectivity index (χ2v) is 8.71.